The third-order valence-corrected chi connectivity index (χ3v) is 2.65. The van der Waals surface area contributed by atoms with Crippen LogP contribution < -0.4 is 11.5 Å². The number of rotatable bonds is 2. The second-order valence-corrected chi connectivity index (χ2v) is 3.74. The van der Waals surface area contributed by atoms with Crippen LogP contribution in [0.3, 0.4) is 0 Å². The fourth-order valence-electron chi connectivity index (χ4n) is 0.983. The summed E-state index contributed by atoms with van der Waals surface area (Å²) in [6.07, 6.45) is 0. The lowest BCUT2D eigenvalue weighted by Crippen LogP contribution is -2.21. The molecule has 0 heterocycles. The molecule has 0 radical (unpaired) electrons. The summed E-state index contributed by atoms with van der Waals surface area (Å²) < 4.78 is 0.910. The van der Waals surface area contributed by atoms with Gasteiger partial charge >= 0.3 is 0 Å². The summed E-state index contributed by atoms with van der Waals surface area (Å²) in [7, 11) is 0. The third kappa shape index (κ3) is 1.98. The van der Waals surface area contributed by atoms with E-state index >= 15 is 0 Å². The maximum absolute atomic E-state index is 5.94. The van der Waals surface area contributed by atoms with Crippen LogP contribution >= 0.6 is 27.5 Å². The largest absolute Gasteiger partial charge is 0.329 e. The van der Waals surface area contributed by atoms with Crippen molar-refractivity contribution in [1.82, 2.24) is 0 Å². The minimum Gasteiger partial charge on any atom is -0.329 e. The van der Waals surface area contributed by atoms with Gasteiger partial charge in [0.05, 0.1) is 0 Å². The molecule has 0 aliphatic heterocycles. The van der Waals surface area contributed by atoms with E-state index in [-0.39, 0.29) is 6.04 Å². The molecule has 0 fully saturated rings. The quantitative estimate of drug-likeness (QED) is 0.843. The molecule has 1 atom stereocenters. The molecule has 1 aromatic carbocycles. The molecule has 0 aliphatic rings. The minimum atomic E-state index is -0.201. The van der Waals surface area contributed by atoms with E-state index in [4.69, 9.17) is 23.1 Å². The number of nitrogens with two attached hydrogens (primary N) is 2. The normalized spacial score (nSPS) is 13.0. The Morgan fingerprint density at radius 1 is 1.50 bits per heavy atom. The van der Waals surface area contributed by atoms with E-state index in [1.807, 2.05) is 12.1 Å². The Labute approximate surface area is 85.0 Å². The van der Waals surface area contributed by atoms with Crippen LogP contribution in [0.15, 0.2) is 22.7 Å². The van der Waals surface area contributed by atoms with E-state index in [0.29, 0.717) is 11.6 Å². The second kappa shape index (κ2) is 4.23. The van der Waals surface area contributed by atoms with Gasteiger partial charge in [-0.3, -0.25) is 0 Å². The molecule has 0 spiro atoms. The highest BCUT2D eigenvalue weighted by Crippen LogP contribution is 2.28. The molecular weight excluding hydrogens is 239 g/mol. The molecule has 1 rings (SSSR count). The molecule has 4 heteroatoms. The van der Waals surface area contributed by atoms with Gasteiger partial charge in [0.2, 0.25) is 0 Å². The van der Waals surface area contributed by atoms with Crippen LogP contribution in [0, 0.1) is 0 Å². The number of halogens is 2. The molecule has 12 heavy (non-hydrogen) atoms. The predicted octanol–water partition coefficient (Wildman–Crippen LogP) is 2.06. The van der Waals surface area contributed by atoms with Crippen LogP contribution in [-0.4, -0.2) is 6.54 Å². The molecule has 0 bridgehead atoms. The molecule has 0 unspecified atom stereocenters. The van der Waals surface area contributed by atoms with Crippen molar-refractivity contribution in [2.45, 2.75) is 6.04 Å². The fourth-order valence-corrected chi connectivity index (χ4v) is 2.07. The number of hydrogen-bond acceptors (Lipinski definition) is 2. The van der Waals surface area contributed by atoms with E-state index in [1.165, 1.54) is 0 Å². The van der Waals surface area contributed by atoms with Crippen molar-refractivity contribution in [3.63, 3.8) is 0 Å². The molecule has 66 valence electrons. The Balaban J connectivity index is 3.12. The van der Waals surface area contributed by atoms with Crippen molar-refractivity contribution in [3.05, 3.63) is 33.3 Å². The van der Waals surface area contributed by atoms with Crippen molar-refractivity contribution < 1.29 is 0 Å². The monoisotopic (exact) mass is 248 g/mol. The second-order valence-electron chi connectivity index (χ2n) is 2.48. The smallest absolute Gasteiger partial charge is 0.0465 e. The first-order valence-corrected chi connectivity index (χ1v) is 4.73. The Bertz CT molecular complexity index is 258. The zero-order valence-electron chi connectivity index (χ0n) is 6.43. The highest BCUT2D eigenvalue weighted by atomic mass is 79.9. The van der Waals surface area contributed by atoms with Crippen molar-refractivity contribution in [3.8, 4) is 0 Å². The van der Waals surface area contributed by atoms with Gasteiger partial charge in [-0.2, -0.15) is 0 Å². The Morgan fingerprint density at radius 2 is 2.17 bits per heavy atom. The molecular formula is C8H10BrClN2. The molecule has 0 amide bonds. The Morgan fingerprint density at radius 3 is 2.67 bits per heavy atom. The van der Waals surface area contributed by atoms with Gasteiger partial charge in [-0.05, 0) is 12.1 Å². The van der Waals surface area contributed by atoms with Crippen LogP contribution in [0.25, 0.3) is 0 Å². The molecule has 2 nitrogen and oxygen atoms in total. The maximum atomic E-state index is 5.94. The summed E-state index contributed by atoms with van der Waals surface area (Å²) in [6, 6.07) is 5.36. The third-order valence-electron chi connectivity index (χ3n) is 1.62. The van der Waals surface area contributed by atoms with Gasteiger partial charge in [-0.1, -0.05) is 33.6 Å². The van der Waals surface area contributed by atoms with Crippen molar-refractivity contribution in [2.24, 2.45) is 11.5 Å². The van der Waals surface area contributed by atoms with Gasteiger partial charge in [0.15, 0.2) is 0 Å². The topological polar surface area (TPSA) is 52.0 Å². The predicted molar refractivity (Wildman–Crippen MR) is 55.1 cm³/mol. The highest BCUT2D eigenvalue weighted by molar-refractivity contribution is 9.10. The summed E-state index contributed by atoms with van der Waals surface area (Å²) in [4.78, 5) is 0. The van der Waals surface area contributed by atoms with Gasteiger partial charge < -0.3 is 11.5 Å². The van der Waals surface area contributed by atoms with E-state index < -0.39 is 0 Å². The Hall–Kier alpha value is -0.0900. The lowest BCUT2D eigenvalue weighted by Gasteiger charge is -2.12. The van der Waals surface area contributed by atoms with E-state index in [9.17, 15) is 0 Å². The standard InChI is InChI=1S/C8H10BrClN2/c9-5-2-1-3-6(10)8(5)7(12)4-11/h1-3,7H,4,11-12H2/t7-/m1/s1. The summed E-state index contributed by atoms with van der Waals surface area (Å²) in [5, 5.41) is 0.655. The SMILES string of the molecule is NC[C@@H](N)c1c(Cl)cccc1Br. The van der Waals surface area contributed by atoms with E-state index in [2.05, 4.69) is 15.9 Å². The van der Waals surface area contributed by atoms with Crippen molar-refractivity contribution >= 4 is 27.5 Å². The average Bonchev–Trinajstić information content (AvgIpc) is 2.03. The van der Waals surface area contributed by atoms with Crippen molar-refractivity contribution in [2.75, 3.05) is 6.54 Å². The summed E-state index contributed by atoms with van der Waals surface area (Å²) >= 11 is 9.31. The highest BCUT2D eigenvalue weighted by Gasteiger charge is 2.11. The van der Waals surface area contributed by atoms with Gasteiger partial charge in [0.1, 0.15) is 0 Å². The Kier molecular flexibility index (Phi) is 3.53. The van der Waals surface area contributed by atoms with E-state index in [1.54, 1.807) is 6.07 Å². The van der Waals surface area contributed by atoms with Crippen LogP contribution in [0.4, 0.5) is 0 Å². The molecule has 0 aliphatic carbocycles. The number of hydrogen-bond donors (Lipinski definition) is 2. The average molecular weight is 250 g/mol. The first-order chi connectivity index (χ1) is 5.66. The summed E-state index contributed by atoms with van der Waals surface area (Å²) in [6.45, 7) is 0.391. The fraction of sp³-hybridized carbons (Fsp3) is 0.250. The van der Waals surface area contributed by atoms with Crippen LogP contribution in [0.5, 0.6) is 0 Å². The molecule has 4 N–H and O–H groups in total. The first kappa shape index (κ1) is 9.99. The molecule has 0 aromatic heterocycles. The molecule has 0 saturated carbocycles. The molecule has 1 aromatic rings. The minimum absolute atomic E-state index is 0.201. The zero-order valence-corrected chi connectivity index (χ0v) is 8.77. The number of benzene rings is 1. The lowest BCUT2D eigenvalue weighted by atomic mass is 10.1. The van der Waals surface area contributed by atoms with Crippen molar-refractivity contribution in [1.29, 1.82) is 0 Å². The van der Waals surface area contributed by atoms with Gasteiger partial charge in [-0.15, -0.1) is 0 Å². The first-order valence-electron chi connectivity index (χ1n) is 3.56. The van der Waals surface area contributed by atoms with Crippen LogP contribution in [-0.2, 0) is 0 Å². The van der Waals surface area contributed by atoms with Gasteiger partial charge in [0.25, 0.3) is 0 Å². The maximum Gasteiger partial charge on any atom is 0.0465 e. The van der Waals surface area contributed by atoms with E-state index in [0.717, 1.165) is 10.0 Å². The van der Waals surface area contributed by atoms with Gasteiger partial charge in [0, 0.05) is 27.6 Å². The zero-order chi connectivity index (χ0) is 9.14. The lowest BCUT2D eigenvalue weighted by molar-refractivity contribution is 0.734. The molecule has 0 saturated heterocycles. The van der Waals surface area contributed by atoms with Gasteiger partial charge in [-0.25, -0.2) is 0 Å². The van der Waals surface area contributed by atoms with Crippen LogP contribution in [0.2, 0.25) is 5.02 Å². The van der Waals surface area contributed by atoms with Crippen LogP contribution in [0.1, 0.15) is 11.6 Å². The summed E-state index contributed by atoms with van der Waals surface area (Å²) in [5.74, 6) is 0. The summed E-state index contributed by atoms with van der Waals surface area (Å²) in [5.41, 5.74) is 12.1.